The molecule has 1 aliphatic carbocycles. The molecular weight excluding hydrogens is 184 g/mol. The van der Waals surface area contributed by atoms with Crippen molar-refractivity contribution in [2.24, 2.45) is 5.92 Å². The Kier molecular flexibility index (Phi) is 3.10. The predicted octanol–water partition coefficient (Wildman–Crippen LogP) is 3.22. The van der Waals surface area contributed by atoms with E-state index in [4.69, 9.17) is 11.6 Å². The molecule has 0 N–H and O–H groups in total. The van der Waals surface area contributed by atoms with Gasteiger partial charge in [-0.05, 0) is 25.8 Å². The molecule has 70 valence electrons. The van der Waals surface area contributed by atoms with E-state index in [0.717, 1.165) is 23.9 Å². The van der Waals surface area contributed by atoms with Gasteiger partial charge in [-0.2, -0.15) is 0 Å². The standard InChI is InChI=1S/C11H13ClO/c1-7(2)9-5-4-8(3)11(12)10(9)6-13/h4,6,9H,1,5H2,2-3H3. The number of carbonyl (C=O) groups excluding carboxylic acids is 1. The topological polar surface area (TPSA) is 17.1 Å². The summed E-state index contributed by atoms with van der Waals surface area (Å²) in [4.78, 5) is 10.8. The van der Waals surface area contributed by atoms with Gasteiger partial charge in [0.05, 0.1) is 5.03 Å². The van der Waals surface area contributed by atoms with Crippen molar-refractivity contribution in [3.05, 3.63) is 34.4 Å². The highest BCUT2D eigenvalue weighted by Gasteiger charge is 2.21. The molecule has 1 rings (SSSR count). The maximum atomic E-state index is 10.8. The van der Waals surface area contributed by atoms with Gasteiger partial charge in [-0.1, -0.05) is 29.8 Å². The van der Waals surface area contributed by atoms with Gasteiger partial charge in [0.25, 0.3) is 0 Å². The van der Waals surface area contributed by atoms with Crippen LogP contribution >= 0.6 is 11.6 Å². The fourth-order valence-electron chi connectivity index (χ4n) is 1.49. The first-order valence-corrected chi connectivity index (χ1v) is 4.63. The molecule has 0 fully saturated rings. The molecule has 0 spiro atoms. The lowest BCUT2D eigenvalue weighted by molar-refractivity contribution is -0.105. The van der Waals surface area contributed by atoms with Crippen molar-refractivity contribution in [1.82, 2.24) is 0 Å². The first-order chi connectivity index (χ1) is 6.07. The first-order valence-electron chi connectivity index (χ1n) is 4.25. The molecule has 0 heterocycles. The molecule has 2 heteroatoms. The summed E-state index contributed by atoms with van der Waals surface area (Å²) in [6.07, 6.45) is 3.73. The lowest BCUT2D eigenvalue weighted by atomic mass is 9.85. The van der Waals surface area contributed by atoms with Crippen LogP contribution in [0.3, 0.4) is 0 Å². The van der Waals surface area contributed by atoms with E-state index in [1.54, 1.807) is 0 Å². The summed E-state index contributed by atoms with van der Waals surface area (Å²) < 4.78 is 0. The Bertz CT molecular complexity index is 310. The van der Waals surface area contributed by atoms with Crippen molar-refractivity contribution >= 4 is 17.9 Å². The van der Waals surface area contributed by atoms with E-state index < -0.39 is 0 Å². The first kappa shape index (κ1) is 10.3. The van der Waals surface area contributed by atoms with Gasteiger partial charge in [0, 0.05) is 11.5 Å². The fraction of sp³-hybridized carbons (Fsp3) is 0.364. The third-order valence-electron chi connectivity index (χ3n) is 2.36. The number of carbonyl (C=O) groups is 1. The number of hydrogen-bond acceptors (Lipinski definition) is 1. The van der Waals surface area contributed by atoms with E-state index in [1.807, 2.05) is 13.8 Å². The van der Waals surface area contributed by atoms with Gasteiger partial charge >= 0.3 is 0 Å². The third-order valence-corrected chi connectivity index (χ3v) is 2.87. The molecule has 0 saturated heterocycles. The zero-order valence-corrected chi connectivity index (χ0v) is 8.69. The molecule has 0 aromatic carbocycles. The van der Waals surface area contributed by atoms with Crippen LogP contribution < -0.4 is 0 Å². The molecule has 0 saturated carbocycles. The quantitative estimate of drug-likeness (QED) is 0.490. The average Bonchev–Trinajstić information content (AvgIpc) is 2.09. The Morgan fingerprint density at radius 3 is 2.85 bits per heavy atom. The van der Waals surface area contributed by atoms with Crippen LogP contribution in [-0.4, -0.2) is 6.29 Å². The summed E-state index contributed by atoms with van der Waals surface area (Å²) in [7, 11) is 0. The van der Waals surface area contributed by atoms with E-state index in [2.05, 4.69) is 12.7 Å². The van der Waals surface area contributed by atoms with Crippen molar-refractivity contribution in [2.75, 3.05) is 0 Å². The van der Waals surface area contributed by atoms with Gasteiger partial charge in [-0.3, -0.25) is 4.79 Å². The van der Waals surface area contributed by atoms with Crippen molar-refractivity contribution in [2.45, 2.75) is 20.3 Å². The van der Waals surface area contributed by atoms with Crippen LogP contribution in [0.5, 0.6) is 0 Å². The van der Waals surface area contributed by atoms with E-state index >= 15 is 0 Å². The second-order valence-corrected chi connectivity index (χ2v) is 3.79. The molecule has 1 nitrogen and oxygen atoms in total. The van der Waals surface area contributed by atoms with Crippen molar-refractivity contribution in [1.29, 1.82) is 0 Å². The summed E-state index contributed by atoms with van der Waals surface area (Å²) in [6, 6.07) is 0. The highest BCUT2D eigenvalue weighted by molar-refractivity contribution is 6.33. The van der Waals surface area contributed by atoms with Crippen LogP contribution in [0.2, 0.25) is 0 Å². The molecule has 13 heavy (non-hydrogen) atoms. The minimum atomic E-state index is 0.105. The highest BCUT2D eigenvalue weighted by atomic mass is 35.5. The summed E-state index contributed by atoms with van der Waals surface area (Å²) in [5.74, 6) is 0.105. The Balaban J connectivity index is 3.11. The summed E-state index contributed by atoms with van der Waals surface area (Å²) in [5.41, 5.74) is 2.65. The number of allylic oxidation sites excluding steroid dienone is 5. The van der Waals surface area contributed by atoms with Gasteiger partial charge in [0.2, 0.25) is 0 Å². The number of hydrogen-bond donors (Lipinski definition) is 0. The Labute approximate surface area is 83.8 Å². The van der Waals surface area contributed by atoms with Crippen LogP contribution in [0.1, 0.15) is 20.3 Å². The summed E-state index contributed by atoms with van der Waals surface area (Å²) in [6.45, 7) is 7.70. The maximum Gasteiger partial charge on any atom is 0.148 e. The van der Waals surface area contributed by atoms with E-state index in [9.17, 15) is 4.79 Å². The normalized spacial score (nSPS) is 22.7. The lowest BCUT2D eigenvalue weighted by Crippen LogP contribution is -2.11. The Morgan fingerprint density at radius 1 is 1.77 bits per heavy atom. The molecule has 1 unspecified atom stereocenters. The molecule has 1 aliphatic rings. The van der Waals surface area contributed by atoms with Gasteiger partial charge in [0.1, 0.15) is 6.29 Å². The molecule has 0 amide bonds. The lowest BCUT2D eigenvalue weighted by Gasteiger charge is -2.21. The van der Waals surface area contributed by atoms with Gasteiger partial charge in [-0.25, -0.2) is 0 Å². The summed E-state index contributed by atoms with van der Waals surface area (Å²) >= 11 is 6.01. The monoisotopic (exact) mass is 196 g/mol. The fourth-order valence-corrected chi connectivity index (χ4v) is 1.75. The largest absolute Gasteiger partial charge is 0.298 e. The third kappa shape index (κ3) is 1.92. The van der Waals surface area contributed by atoms with Crippen LogP contribution in [-0.2, 0) is 4.79 Å². The molecule has 0 aromatic heterocycles. The minimum Gasteiger partial charge on any atom is -0.298 e. The molecule has 0 radical (unpaired) electrons. The minimum absolute atomic E-state index is 0.105. The maximum absolute atomic E-state index is 10.8. The smallest absolute Gasteiger partial charge is 0.148 e. The average molecular weight is 197 g/mol. The van der Waals surface area contributed by atoms with Crippen molar-refractivity contribution < 1.29 is 4.79 Å². The zero-order valence-electron chi connectivity index (χ0n) is 7.93. The molecule has 0 aliphatic heterocycles. The van der Waals surface area contributed by atoms with Crippen molar-refractivity contribution in [3.63, 3.8) is 0 Å². The molecular formula is C11H13ClO. The number of halogens is 1. The van der Waals surface area contributed by atoms with Crippen LogP contribution in [0.25, 0.3) is 0 Å². The van der Waals surface area contributed by atoms with E-state index in [-0.39, 0.29) is 5.92 Å². The second kappa shape index (κ2) is 3.93. The Hall–Kier alpha value is -0.820. The predicted molar refractivity (Wildman–Crippen MR) is 55.6 cm³/mol. The van der Waals surface area contributed by atoms with Gasteiger partial charge in [0.15, 0.2) is 0 Å². The molecule has 1 atom stereocenters. The van der Waals surface area contributed by atoms with Crippen LogP contribution in [0.15, 0.2) is 34.4 Å². The van der Waals surface area contributed by atoms with Crippen LogP contribution in [0, 0.1) is 5.92 Å². The molecule has 0 aromatic rings. The van der Waals surface area contributed by atoms with Gasteiger partial charge < -0.3 is 0 Å². The number of aldehydes is 1. The van der Waals surface area contributed by atoms with E-state index in [1.165, 1.54) is 0 Å². The highest BCUT2D eigenvalue weighted by Crippen LogP contribution is 2.34. The van der Waals surface area contributed by atoms with Gasteiger partial charge in [-0.15, -0.1) is 0 Å². The SMILES string of the molecule is C=C(C)C1CC=C(C)C(Cl)=C1C=O. The summed E-state index contributed by atoms with van der Waals surface area (Å²) in [5, 5.41) is 0.592. The Morgan fingerprint density at radius 2 is 2.38 bits per heavy atom. The zero-order chi connectivity index (χ0) is 10.0. The van der Waals surface area contributed by atoms with Crippen LogP contribution in [0.4, 0.5) is 0 Å². The number of rotatable bonds is 2. The second-order valence-electron chi connectivity index (χ2n) is 3.41. The van der Waals surface area contributed by atoms with Crippen molar-refractivity contribution in [3.8, 4) is 0 Å². The molecule has 0 bridgehead atoms. The van der Waals surface area contributed by atoms with E-state index in [0.29, 0.717) is 10.6 Å².